The number of nitrogens with zero attached hydrogens (tertiary/aromatic N) is 1. The zero-order valence-electron chi connectivity index (χ0n) is 16.9. The van der Waals surface area contributed by atoms with E-state index in [0.29, 0.717) is 32.2 Å². The van der Waals surface area contributed by atoms with Crippen LogP contribution in [0.3, 0.4) is 0 Å². The Morgan fingerprint density at radius 3 is 2.46 bits per heavy atom. The van der Waals surface area contributed by atoms with Gasteiger partial charge in [0.15, 0.2) is 0 Å². The number of esters is 1. The summed E-state index contributed by atoms with van der Waals surface area (Å²) in [6.45, 7) is 6.15. The first-order chi connectivity index (χ1) is 13.6. The van der Waals surface area contributed by atoms with E-state index in [4.69, 9.17) is 9.47 Å². The molecule has 1 aliphatic heterocycles. The van der Waals surface area contributed by atoms with Crippen LogP contribution < -0.4 is 0 Å². The van der Waals surface area contributed by atoms with Crippen molar-refractivity contribution in [2.24, 2.45) is 17.3 Å². The first-order valence-corrected chi connectivity index (χ1v) is 10.4. The molecule has 1 amide bonds. The second-order valence-corrected chi connectivity index (χ2v) is 7.82. The van der Waals surface area contributed by atoms with E-state index < -0.39 is 0 Å². The minimum atomic E-state index is -0.240. The zero-order chi connectivity index (χ0) is 20.0. The van der Waals surface area contributed by atoms with E-state index in [2.05, 4.69) is 13.0 Å². The van der Waals surface area contributed by atoms with E-state index in [1.54, 1.807) is 0 Å². The molecule has 28 heavy (non-hydrogen) atoms. The number of likely N-dealkylation sites (tertiary alicyclic amines) is 1. The van der Waals surface area contributed by atoms with Gasteiger partial charge in [-0.1, -0.05) is 55.8 Å². The summed E-state index contributed by atoms with van der Waals surface area (Å²) in [4.78, 5) is 26.4. The van der Waals surface area contributed by atoms with Gasteiger partial charge in [0.05, 0.1) is 12.5 Å². The third kappa shape index (κ3) is 4.57. The second-order valence-electron chi connectivity index (χ2n) is 7.82. The molecule has 1 aliphatic carbocycles. The highest BCUT2D eigenvalue weighted by Crippen LogP contribution is 2.48. The lowest BCUT2D eigenvalue weighted by molar-refractivity contribution is -0.147. The third-order valence-corrected chi connectivity index (χ3v) is 6.25. The number of allylic oxidation sites excluding steroid dienone is 1. The highest BCUT2D eigenvalue weighted by Gasteiger charge is 2.43. The molecule has 3 rings (SSSR count). The number of rotatable bonds is 5. The summed E-state index contributed by atoms with van der Waals surface area (Å²) in [5.41, 5.74) is 1.07. The van der Waals surface area contributed by atoms with Crippen LogP contribution >= 0.6 is 0 Å². The van der Waals surface area contributed by atoms with Crippen LogP contribution in [0.1, 0.15) is 45.1 Å². The van der Waals surface area contributed by atoms with Gasteiger partial charge in [-0.15, -0.1) is 0 Å². The molecule has 1 spiro atoms. The number of amides is 1. The Labute approximate surface area is 167 Å². The molecule has 2 atom stereocenters. The first-order valence-electron chi connectivity index (χ1n) is 10.4. The van der Waals surface area contributed by atoms with Crippen molar-refractivity contribution in [2.75, 3.05) is 19.7 Å². The van der Waals surface area contributed by atoms with Crippen LogP contribution in [-0.2, 0) is 20.9 Å². The van der Waals surface area contributed by atoms with Gasteiger partial charge in [-0.2, -0.15) is 0 Å². The van der Waals surface area contributed by atoms with Gasteiger partial charge in [0.2, 0.25) is 0 Å². The third-order valence-electron chi connectivity index (χ3n) is 6.25. The molecule has 1 heterocycles. The van der Waals surface area contributed by atoms with Crippen molar-refractivity contribution < 1.29 is 19.1 Å². The summed E-state index contributed by atoms with van der Waals surface area (Å²) in [5.74, 6) is 0.188. The van der Waals surface area contributed by atoms with Gasteiger partial charge >= 0.3 is 12.1 Å². The molecular formula is C23H31NO4. The maximum absolute atomic E-state index is 12.4. The Morgan fingerprint density at radius 1 is 1.11 bits per heavy atom. The van der Waals surface area contributed by atoms with Crippen LogP contribution in [0, 0.1) is 17.3 Å². The van der Waals surface area contributed by atoms with E-state index in [-0.39, 0.29) is 23.4 Å². The van der Waals surface area contributed by atoms with Crippen molar-refractivity contribution >= 4 is 12.1 Å². The summed E-state index contributed by atoms with van der Waals surface area (Å²) in [5, 5.41) is 0. The lowest BCUT2D eigenvalue weighted by Gasteiger charge is -2.47. The molecule has 2 aliphatic rings. The van der Waals surface area contributed by atoms with Crippen molar-refractivity contribution in [1.29, 1.82) is 0 Å². The monoisotopic (exact) mass is 385 g/mol. The molecule has 152 valence electrons. The van der Waals surface area contributed by atoms with Gasteiger partial charge in [0.25, 0.3) is 0 Å². The maximum atomic E-state index is 12.4. The molecule has 0 radical (unpaired) electrons. The molecular weight excluding hydrogens is 354 g/mol. The van der Waals surface area contributed by atoms with Gasteiger partial charge in [-0.25, -0.2) is 4.79 Å². The Balaban J connectivity index is 1.56. The predicted octanol–water partition coefficient (Wildman–Crippen LogP) is 4.57. The minimum absolute atomic E-state index is 0.0773. The largest absolute Gasteiger partial charge is 0.466 e. The van der Waals surface area contributed by atoms with E-state index in [9.17, 15) is 9.59 Å². The summed E-state index contributed by atoms with van der Waals surface area (Å²) in [6.07, 6.45) is 7.72. The Hall–Kier alpha value is -2.30. The highest BCUT2D eigenvalue weighted by atomic mass is 16.6. The molecule has 0 N–H and O–H groups in total. The average molecular weight is 386 g/mol. The van der Waals surface area contributed by atoms with E-state index in [1.807, 2.05) is 48.2 Å². The van der Waals surface area contributed by atoms with Gasteiger partial charge in [0.1, 0.15) is 6.61 Å². The summed E-state index contributed by atoms with van der Waals surface area (Å²) < 4.78 is 10.7. The van der Waals surface area contributed by atoms with Gasteiger partial charge < -0.3 is 14.4 Å². The Kier molecular flexibility index (Phi) is 6.76. The van der Waals surface area contributed by atoms with Crippen LogP contribution in [0.4, 0.5) is 4.79 Å². The van der Waals surface area contributed by atoms with Crippen LogP contribution in [0.2, 0.25) is 0 Å². The number of hydrogen-bond donors (Lipinski definition) is 0. The predicted molar refractivity (Wildman–Crippen MR) is 108 cm³/mol. The number of carbonyl (C=O) groups excluding carboxylic acids is 2. The fraction of sp³-hybridized carbons (Fsp3) is 0.565. The normalized spacial score (nSPS) is 23.4. The summed E-state index contributed by atoms with van der Waals surface area (Å²) >= 11 is 0. The van der Waals surface area contributed by atoms with Crippen LogP contribution in [0.5, 0.6) is 0 Å². The molecule has 1 saturated heterocycles. The molecule has 0 aromatic heterocycles. The fourth-order valence-corrected chi connectivity index (χ4v) is 4.55. The zero-order valence-corrected chi connectivity index (χ0v) is 16.9. The molecule has 0 saturated carbocycles. The van der Waals surface area contributed by atoms with Crippen molar-refractivity contribution in [3.8, 4) is 0 Å². The number of carbonyl (C=O) groups is 2. The molecule has 0 bridgehead atoms. The Bertz CT molecular complexity index is 692. The second kappa shape index (κ2) is 9.26. The smallest absolute Gasteiger partial charge is 0.410 e. The quantitative estimate of drug-likeness (QED) is 0.550. The molecule has 1 fully saturated rings. The summed E-state index contributed by atoms with van der Waals surface area (Å²) in [7, 11) is 0. The van der Waals surface area contributed by atoms with E-state index >= 15 is 0 Å². The number of ether oxygens (including phenoxy) is 2. The summed E-state index contributed by atoms with van der Waals surface area (Å²) in [6, 6.07) is 9.74. The minimum Gasteiger partial charge on any atom is -0.466 e. The van der Waals surface area contributed by atoms with Crippen LogP contribution in [0.15, 0.2) is 42.5 Å². The number of hydrogen-bond acceptors (Lipinski definition) is 4. The maximum Gasteiger partial charge on any atom is 0.410 e. The van der Waals surface area contributed by atoms with Gasteiger partial charge in [0, 0.05) is 13.1 Å². The lowest BCUT2D eigenvalue weighted by Crippen LogP contribution is -2.47. The molecule has 1 aromatic rings. The topological polar surface area (TPSA) is 55.8 Å². The molecule has 5 heteroatoms. The van der Waals surface area contributed by atoms with E-state index in [1.165, 1.54) is 0 Å². The number of benzene rings is 1. The SMILES string of the molecule is CCOC(=O)C1C=CC2(CCN(C(=O)OCc3ccccc3)CC2)C(CC)C1. The lowest BCUT2D eigenvalue weighted by atomic mass is 9.62. The fourth-order valence-electron chi connectivity index (χ4n) is 4.55. The van der Waals surface area contributed by atoms with Gasteiger partial charge in [-0.05, 0) is 43.1 Å². The molecule has 2 unspecified atom stereocenters. The van der Waals surface area contributed by atoms with Crippen LogP contribution in [-0.4, -0.2) is 36.7 Å². The highest BCUT2D eigenvalue weighted by molar-refractivity contribution is 5.74. The van der Waals surface area contributed by atoms with E-state index in [0.717, 1.165) is 31.2 Å². The van der Waals surface area contributed by atoms with Crippen molar-refractivity contribution in [1.82, 2.24) is 4.90 Å². The first kappa shape index (κ1) is 20.4. The molecule has 1 aromatic carbocycles. The number of piperidine rings is 1. The average Bonchev–Trinajstić information content (AvgIpc) is 2.74. The Morgan fingerprint density at radius 2 is 1.82 bits per heavy atom. The van der Waals surface area contributed by atoms with Crippen LogP contribution in [0.25, 0.3) is 0 Å². The van der Waals surface area contributed by atoms with Crippen molar-refractivity contribution in [3.05, 3.63) is 48.0 Å². The van der Waals surface area contributed by atoms with Gasteiger partial charge in [-0.3, -0.25) is 4.79 Å². The van der Waals surface area contributed by atoms with Crippen molar-refractivity contribution in [3.63, 3.8) is 0 Å². The standard InChI is InChI=1S/C23H31NO4/c1-3-20-16-19(21(25)27-4-2)10-11-23(20)12-14-24(15-13-23)22(26)28-17-18-8-6-5-7-9-18/h5-11,19-20H,3-4,12-17H2,1-2H3. The van der Waals surface area contributed by atoms with Crippen molar-refractivity contribution in [2.45, 2.75) is 46.1 Å². The molecule has 5 nitrogen and oxygen atoms in total.